The van der Waals surface area contributed by atoms with Crippen molar-refractivity contribution in [1.29, 1.82) is 0 Å². The second-order valence-electron chi connectivity index (χ2n) is 9.35. The smallest absolute Gasteiger partial charge is 0.341 e. The lowest BCUT2D eigenvalue weighted by Gasteiger charge is -2.23. The maximum atomic E-state index is 12.9. The third-order valence-corrected chi connectivity index (χ3v) is 8.30. The Morgan fingerprint density at radius 2 is 1.97 bits per heavy atom. The van der Waals surface area contributed by atoms with Crippen LogP contribution in [0.1, 0.15) is 82.4 Å². The van der Waals surface area contributed by atoms with E-state index in [0.29, 0.717) is 18.0 Å². The maximum Gasteiger partial charge on any atom is 0.341 e. The van der Waals surface area contributed by atoms with Crippen molar-refractivity contribution in [2.75, 3.05) is 0 Å². The minimum absolute atomic E-state index is 0.132. The van der Waals surface area contributed by atoms with Crippen LogP contribution in [0.4, 0.5) is 0 Å². The number of pyridine rings is 2. The van der Waals surface area contributed by atoms with Gasteiger partial charge in [-0.3, -0.25) is 9.20 Å². The summed E-state index contributed by atoms with van der Waals surface area (Å²) in [4.78, 5) is 27.2. The molecule has 3 heterocycles. The van der Waals surface area contributed by atoms with Crippen LogP contribution in [0.2, 0.25) is 0 Å². The van der Waals surface area contributed by atoms with Gasteiger partial charge >= 0.3 is 5.97 Å². The summed E-state index contributed by atoms with van der Waals surface area (Å²) in [5.74, 6) is -0.797. The van der Waals surface area contributed by atoms with E-state index in [0.717, 1.165) is 41.5 Å². The Morgan fingerprint density at radius 3 is 2.68 bits per heavy atom. The van der Waals surface area contributed by atoms with E-state index < -0.39 is 11.5 Å². The van der Waals surface area contributed by atoms with E-state index in [9.17, 15) is 14.7 Å². The van der Waals surface area contributed by atoms with Crippen molar-refractivity contribution in [3.63, 3.8) is 0 Å². The Hall–Kier alpha value is -2.44. The summed E-state index contributed by atoms with van der Waals surface area (Å²) in [7, 11) is 0. The number of hydrogen-bond donors (Lipinski definition) is 2. The number of nitrogens with one attached hydrogen (secondary N) is 1. The molecule has 3 aromatic heterocycles. The number of rotatable bonds is 5. The van der Waals surface area contributed by atoms with E-state index in [1.165, 1.54) is 41.0 Å². The predicted octanol–water partition coefficient (Wildman–Crippen LogP) is 5.04. The van der Waals surface area contributed by atoms with Gasteiger partial charge in [0.25, 0.3) is 5.56 Å². The molecule has 3 aliphatic rings. The van der Waals surface area contributed by atoms with Crippen LogP contribution in [0.15, 0.2) is 29.2 Å². The van der Waals surface area contributed by atoms with E-state index in [2.05, 4.69) is 18.3 Å². The SMILES string of the molecule is Cc1c(-c2cc3c(s2)CCCC3NC2CC2)ccn2c(=O)c(C(=O)O)cc(C3CC3)c12. The average Bonchev–Trinajstić information content (AvgIpc) is 3.67. The van der Waals surface area contributed by atoms with Gasteiger partial charge in [-0.2, -0.15) is 0 Å². The number of aryl methyl sites for hydroxylation is 2. The van der Waals surface area contributed by atoms with Gasteiger partial charge in [-0.05, 0) is 98.2 Å². The Bertz CT molecular complexity index is 1280. The molecule has 0 aromatic carbocycles. The lowest BCUT2D eigenvalue weighted by atomic mass is 9.92. The highest BCUT2D eigenvalue weighted by Gasteiger charge is 2.31. The highest BCUT2D eigenvalue weighted by atomic mass is 32.1. The molecule has 3 aromatic rings. The molecule has 0 saturated heterocycles. The number of carboxylic acid groups (broad SMARTS) is 1. The van der Waals surface area contributed by atoms with Gasteiger partial charge in [0, 0.05) is 28.0 Å². The zero-order chi connectivity index (χ0) is 21.3. The maximum absolute atomic E-state index is 12.9. The molecule has 2 fully saturated rings. The molecule has 31 heavy (non-hydrogen) atoms. The summed E-state index contributed by atoms with van der Waals surface area (Å²) in [5.41, 5.74) is 5.02. The number of nitrogens with zero attached hydrogens (tertiary/aromatic N) is 1. The molecule has 1 atom stereocenters. The standard InChI is InChI=1S/C25H26N2O3S/c1-13-16(22-12-18-20(26-15-7-8-15)3-2-4-21(18)31-22)9-10-27-23(13)17(14-5-6-14)11-19(24(27)28)25(29)30/h9-12,14-15,20,26H,2-8H2,1H3,(H,29,30). The topological polar surface area (TPSA) is 70.8 Å². The Labute approximate surface area is 184 Å². The number of fused-ring (bicyclic) bond motifs is 2. The van der Waals surface area contributed by atoms with Crippen molar-refractivity contribution in [3.8, 4) is 10.4 Å². The van der Waals surface area contributed by atoms with Gasteiger partial charge in [0.2, 0.25) is 0 Å². The molecule has 0 spiro atoms. The quantitative estimate of drug-likeness (QED) is 0.590. The Morgan fingerprint density at radius 1 is 1.16 bits per heavy atom. The fourth-order valence-electron chi connectivity index (χ4n) is 5.12. The van der Waals surface area contributed by atoms with E-state index in [4.69, 9.17) is 0 Å². The molecule has 0 amide bonds. The van der Waals surface area contributed by atoms with Crippen LogP contribution in [-0.2, 0) is 6.42 Å². The third-order valence-electron chi connectivity index (χ3n) is 7.05. The first-order valence-corrected chi connectivity index (χ1v) is 12.1. The van der Waals surface area contributed by atoms with E-state index in [1.807, 2.05) is 17.4 Å². The minimum atomic E-state index is -1.15. The highest BCUT2D eigenvalue weighted by molar-refractivity contribution is 7.15. The van der Waals surface area contributed by atoms with Gasteiger partial charge in [-0.15, -0.1) is 11.3 Å². The summed E-state index contributed by atoms with van der Waals surface area (Å²) in [5, 5.41) is 13.3. The van der Waals surface area contributed by atoms with E-state index in [-0.39, 0.29) is 5.56 Å². The molecule has 1 unspecified atom stereocenters. The Kier molecular flexibility index (Phi) is 4.37. The van der Waals surface area contributed by atoms with Gasteiger partial charge in [0.05, 0.1) is 5.52 Å². The van der Waals surface area contributed by atoms with Gasteiger partial charge in [0.1, 0.15) is 5.56 Å². The number of aromatic nitrogens is 1. The van der Waals surface area contributed by atoms with Crippen LogP contribution >= 0.6 is 11.3 Å². The first kappa shape index (κ1) is 19.3. The lowest BCUT2D eigenvalue weighted by molar-refractivity contribution is 0.0694. The Balaban J connectivity index is 1.50. The third kappa shape index (κ3) is 3.24. The normalized spacial score (nSPS) is 20.7. The number of hydrogen-bond acceptors (Lipinski definition) is 4. The second-order valence-corrected chi connectivity index (χ2v) is 10.5. The highest BCUT2D eigenvalue weighted by Crippen LogP contribution is 2.45. The summed E-state index contributed by atoms with van der Waals surface area (Å²) < 4.78 is 1.56. The van der Waals surface area contributed by atoms with Crippen molar-refractivity contribution in [3.05, 3.63) is 61.9 Å². The summed E-state index contributed by atoms with van der Waals surface area (Å²) in [6, 6.07) is 7.14. The van der Waals surface area contributed by atoms with E-state index in [1.54, 1.807) is 16.7 Å². The largest absolute Gasteiger partial charge is 0.477 e. The average molecular weight is 435 g/mol. The predicted molar refractivity (Wildman–Crippen MR) is 122 cm³/mol. The van der Waals surface area contributed by atoms with Crippen molar-refractivity contribution in [2.45, 2.75) is 69.9 Å². The van der Waals surface area contributed by atoms with Crippen molar-refractivity contribution >= 4 is 22.8 Å². The fraction of sp³-hybridized carbons (Fsp3) is 0.440. The second kappa shape index (κ2) is 7.04. The molecule has 160 valence electrons. The minimum Gasteiger partial charge on any atom is -0.477 e. The summed E-state index contributed by atoms with van der Waals surface area (Å²) in [6.45, 7) is 2.08. The molecular formula is C25H26N2O3S. The number of carbonyl (C=O) groups is 1. The van der Waals surface area contributed by atoms with Crippen LogP contribution in [0.3, 0.4) is 0 Å². The first-order chi connectivity index (χ1) is 15.0. The molecule has 2 N–H and O–H groups in total. The summed E-state index contributed by atoms with van der Waals surface area (Å²) in [6.07, 6.45) is 10.0. The fourth-order valence-corrected chi connectivity index (χ4v) is 6.47. The first-order valence-electron chi connectivity index (χ1n) is 11.3. The van der Waals surface area contributed by atoms with Gasteiger partial charge in [0.15, 0.2) is 0 Å². The zero-order valence-corrected chi connectivity index (χ0v) is 18.4. The van der Waals surface area contributed by atoms with Crippen LogP contribution in [0, 0.1) is 6.92 Å². The van der Waals surface area contributed by atoms with Crippen LogP contribution in [0.5, 0.6) is 0 Å². The molecule has 0 bridgehead atoms. The van der Waals surface area contributed by atoms with Gasteiger partial charge in [-0.1, -0.05) is 0 Å². The van der Waals surface area contributed by atoms with E-state index >= 15 is 0 Å². The molecule has 6 rings (SSSR count). The number of carboxylic acids is 1. The van der Waals surface area contributed by atoms with Crippen molar-refractivity contribution in [1.82, 2.24) is 9.72 Å². The molecule has 5 nitrogen and oxygen atoms in total. The summed E-state index contributed by atoms with van der Waals surface area (Å²) >= 11 is 1.88. The van der Waals surface area contributed by atoms with Crippen molar-refractivity contribution in [2.24, 2.45) is 0 Å². The zero-order valence-electron chi connectivity index (χ0n) is 17.6. The van der Waals surface area contributed by atoms with Gasteiger partial charge in [-0.25, -0.2) is 4.79 Å². The molecule has 0 aliphatic heterocycles. The number of aromatic carboxylic acids is 1. The van der Waals surface area contributed by atoms with Crippen LogP contribution in [-0.4, -0.2) is 21.5 Å². The van der Waals surface area contributed by atoms with Crippen LogP contribution < -0.4 is 10.9 Å². The monoisotopic (exact) mass is 434 g/mol. The lowest BCUT2D eigenvalue weighted by Crippen LogP contribution is -2.25. The van der Waals surface area contributed by atoms with Gasteiger partial charge < -0.3 is 10.4 Å². The number of thiophene rings is 1. The molecule has 0 radical (unpaired) electrons. The van der Waals surface area contributed by atoms with Crippen LogP contribution in [0.25, 0.3) is 16.0 Å². The molecule has 2 saturated carbocycles. The molecular weight excluding hydrogens is 408 g/mol. The molecule has 3 aliphatic carbocycles. The molecule has 6 heteroatoms. The van der Waals surface area contributed by atoms with Crippen molar-refractivity contribution < 1.29 is 9.90 Å².